The van der Waals surface area contributed by atoms with E-state index in [0.717, 1.165) is 0 Å². The Morgan fingerprint density at radius 2 is 2.14 bits per heavy atom. The maximum atomic E-state index is 10.7. The fourth-order valence-electron chi connectivity index (χ4n) is 1.03. The number of hydrogen-bond acceptors (Lipinski definition) is 4. The summed E-state index contributed by atoms with van der Waals surface area (Å²) in [6, 6.07) is 0. The summed E-state index contributed by atoms with van der Waals surface area (Å²) >= 11 is 0. The summed E-state index contributed by atoms with van der Waals surface area (Å²) in [4.78, 5) is 18.5. The Kier molecular flexibility index (Phi) is 2.81. The molecule has 0 amide bonds. The monoisotopic (exact) mass is 193 g/mol. The van der Waals surface area contributed by atoms with Gasteiger partial charge in [0.25, 0.3) is 0 Å². The topological polar surface area (TPSA) is 89.1 Å². The van der Waals surface area contributed by atoms with E-state index in [1.807, 2.05) is 0 Å². The number of aromatic nitrogens is 2. The number of carboxylic acid groups (broad SMARTS) is 1. The predicted octanol–water partition coefficient (Wildman–Crippen LogP) is 1.10. The normalized spacial score (nSPS) is 10.7. The first-order valence-electron chi connectivity index (χ1n) is 4.06. The second kappa shape index (κ2) is 3.87. The van der Waals surface area contributed by atoms with Crippen molar-refractivity contribution in [3.05, 3.63) is 23.2 Å². The third kappa shape index (κ3) is 1.87. The molecule has 0 aliphatic rings. The number of rotatable bonds is 2. The number of nitrogens with two attached hydrogens (primary N) is 1. The van der Waals surface area contributed by atoms with Crippen LogP contribution in [0.5, 0.6) is 0 Å². The van der Waals surface area contributed by atoms with Crippen LogP contribution in [0.15, 0.2) is 6.08 Å². The van der Waals surface area contributed by atoms with Gasteiger partial charge in [0.1, 0.15) is 11.5 Å². The second-order valence-electron chi connectivity index (χ2n) is 2.73. The molecule has 0 spiro atoms. The van der Waals surface area contributed by atoms with Gasteiger partial charge < -0.3 is 10.8 Å². The first-order valence-corrected chi connectivity index (χ1v) is 4.06. The van der Waals surface area contributed by atoms with E-state index in [1.165, 1.54) is 0 Å². The quantitative estimate of drug-likeness (QED) is 0.734. The summed E-state index contributed by atoms with van der Waals surface area (Å²) in [5.41, 5.74) is 6.20. The molecule has 74 valence electrons. The largest absolute Gasteiger partial charge is 0.476 e. The maximum Gasteiger partial charge on any atom is 0.356 e. The Bertz CT molecular complexity index is 399. The second-order valence-corrected chi connectivity index (χ2v) is 2.73. The molecule has 5 nitrogen and oxygen atoms in total. The Labute approximate surface area is 81.3 Å². The van der Waals surface area contributed by atoms with Crippen molar-refractivity contribution in [3.8, 4) is 0 Å². The number of aromatic carboxylic acids is 1. The lowest BCUT2D eigenvalue weighted by atomic mass is 10.3. The van der Waals surface area contributed by atoms with Crippen molar-refractivity contribution in [1.82, 2.24) is 9.97 Å². The lowest BCUT2D eigenvalue weighted by Gasteiger charge is -2.03. The Morgan fingerprint density at radius 1 is 1.50 bits per heavy atom. The summed E-state index contributed by atoms with van der Waals surface area (Å²) in [6.45, 7) is 3.35. The van der Waals surface area contributed by atoms with Crippen LogP contribution in [0.1, 0.15) is 28.8 Å². The van der Waals surface area contributed by atoms with E-state index in [0.29, 0.717) is 11.4 Å². The Hall–Kier alpha value is -1.91. The lowest BCUT2D eigenvalue weighted by Crippen LogP contribution is -2.09. The van der Waals surface area contributed by atoms with Gasteiger partial charge in [0, 0.05) is 0 Å². The van der Waals surface area contributed by atoms with Crippen LogP contribution >= 0.6 is 0 Å². The van der Waals surface area contributed by atoms with Gasteiger partial charge in [-0.25, -0.2) is 14.8 Å². The van der Waals surface area contributed by atoms with Crippen LogP contribution in [0.4, 0.5) is 5.82 Å². The average Bonchev–Trinajstić information content (AvgIpc) is 2.09. The number of anilines is 1. The molecule has 0 radical (unpaired) electrons. The highest BCUT2D eigenvalue weighted by Gasteiger charge is 2.12. The summed E-state index contributed by atoms with van der Waals surface area (Å²) in [5.74, 6) is -0.855. The van der Waals surface area contributed by atoms with E-state index < -0.39 is 5.97 Å². The number of allylic oxidation sites excluding steroid dienone is 1. The zero-order chi connectivity index (χ0) is 10.7. The van der Waals surface area contributed by atoms with Crippen molar-refractivity contribution in [2.45, 2.75) is 13.8 Å². The predicted molar refractivity (Wildman–Crippen MR) is 52.8 cm³/mol. The Morgan fingerprint density at radius 3 is 2.64 bits per heavy atom. The molecule has 1 aromatic rings. The fourth-order valence-corrected chi connectivity index (χ4v) is 1.03. The van der Waals surface area contributed by atoms with Crippen LogP contribution in [0.2, 0.25) is 0 Å². The van der Waals surface area contributed by atoms with Crippen LogP contribution in [0.3, 0.4) is 0 Å². The number of hydrogen-bond donors (Lipinski definition) is 2. The molecule has 0 atom stereocenters. The standard InChI is InChI=1S/C9H11N3O2/c1-3-4-6-8(10)11-5(2)7(12-6)9(13)14/h3-4H,1-2H3,(H2,10,11)(H,13,14)/b4-3-. The van der Waals surface area contributed by atoms with Crippen LogP contribution in [-0.2, 0) is 0 Å². The van der Waals surface area contributed by atoms with Crippen molar-refractivity contribution < 1.29 is 9.90 Å². The Balaban J connectivity index is 3.34. The maximum absolute atomic E-state index is 10.7. The molecular formula is C9H11N3O2. The number of carboxylic acids is 1. The summed E-state index contributed by atoms with van der Waals surface area (Å²) in [7, 11) is 0. The van der Waals surface area contributed by atoms with Gasteiger partial charge in [-0.15, -0.1) is 0 Å². The van der Waals surface area contributed by atoms with Gasteiger partial charge in [-0.2, -0.15) is 0 Å². The minimum absolute atomic E-state index is 0.0627. The molecule has 0 aromatic carbocycles. The van der Waals surface area contributed by atoms with Crippen molar-refractivity contribution in [2.24, 2.45) is 0 Å². The van der Waals surface area contributed by atoms with Crippen molar-refractivity contribution in [3.63, 3.8) is 0 Å². The third-order valence-electron chi connectivity index (χ3n) is 1.65. The molecule has 5 heteroatoms. The molecular weight excluding hydrogens is 182 g/mol. The van der Waals surface area contributed by atoms with Gasteiger partial charge in [0.15, 0.2) is 5.69 Å². The summed E-state index contributed by atoms with van der Waals surface area (Å²) in [5, 5.41) is 8.78. The van der Waals surface area contributed by atoms with E-state index >= 15 is 0 Å². The van der Waals surface area contributed by atoms with E-state index in [2.05, 4.69) is 9.97 Å². The van der Waals surface area contributed by atoms with Gasteiger partial charge in [0.05, 0.1) is 5.69 Å². The van der Waals surface area contributed by atoms with Gasteiger partial charge >= 0.3 is 5.97 Å². The first kappa shape index (κ1) is 10.2. The number of nitrogens with zero attached hydrogens (tertiary/aromatic N) is 2. The molecule has 0 saturated carbocycles. The molecule has 0 fully saturated rings. The molecule has 0 aliphatic heterocycles. The van der Waals surface area contributed by atoms with E-state index in [4.69, 9.17) is 10.8 Å². The fraction of sp³-hybridized carbons (Fsp3) is 0.222. The van der Waals surface area contributed by atoms with Crippen LogP contribution in [0, 0.1) is 6.92 Å². The van der Waals surface area contributed by atoms with Gasteiger partial charge in [-0.3, -0.25) is 0 Å². The lowest BCUT2D eigenvalue weighted by molar-refractivity contribution is 0.0689. The highest BCUT2D eigenvalue weighted by molar-refractivity contribution is 5.87. The molecule has 0 aliphatic carbocycles. The third-order valence-corrected chi connectivity index (χ3v) is 1.65. The molecule has 14 heavy (non-hydrogen) atoms. The van der Waals surface area contributed by atoms with Crippen molar-refractivity contribution in [1.29, 1.82) is 0 Å². The van der Waals surface area contributed by atoms with Crippen LogP contribution in [0.25, 0.3) is 6.08 Å². The zero-order valence-corrected chi connectivity index (χ0v) is 7.98. The highest BCUT2D eigenvalue weighted by atomic mass is 16.4. The summed E-state index contributed by atoms with van der Waals surface area (Å²) < 4.78 is 0. The summed E-state index contributed by atoms with van der Waals surface area (Å²) in [6.07, 6.45) is 3.34. The van der Waals surface area contributed by atoms with Crippen molar-refractivity contribution in [2.75, 3.05) is 5.73 Å². The van der Waals surface area contributed by atoms with Crippen LogP contribution in [-0.4, -0.2) is 21.0 Å². The number of aryl methyl sites for hydroxylation is 1. The van der Waals surface area contributed by atoms with E-state index in [-0.39, 0.29) is 11.5 Å². The minimum Gasteiger partial charge on any atom is -0.476 e. The van der Waals surface area contributed by atoms with Crippen molar-refractivity contribution >= 4 is 17.9 Å². The average molecular weight is 193 g/mol. The number of carbonyl (C=O) groups is 1. The zero-order valence-electron chi connectivity index (χ0n) is 7.98. The molecule has 0 unspecified atom stereocenters. The molecule has 1 aromatic heterocycles. The van der Waals surface area contributed by atoms with Crippen LogP contribution < -0.4 is 5.73 Å². The minimum atomic E-state index is -1.10. The molecule has 1 heterocycles. The molecule has 3 N–H and O–H groups in total. The highest BCUT2D eigenvalue weighted by Crippen LogP contribution is 2.11. The number of nitrogen functional groups attached to an aromatic ring is 1. The molecule has 0 bridgehead atoms. The molecule has 0 saturated heterocycles. The molecule has 1 rings (SSSR count). The van der Waals surface area contributed by atoms with Gasteiger partial charge in [-0.05, 0) is 19.9 Å². The van der Waals surface area contributed by atoms with Gasteiger partial charge in [-0.1, -0.05) is 6.08 Å². The SMILES string of the molecule is C/C=C\c1nc(C(=O)O)c(C)nc1N. The van der Waals surface area contributed by atoms with Gasteiger partial charge in [0.2, 0.25) is 0 Å². The van der Waals surface area contributed by atoms with E-state index in [9.17, 15) is 4.79 Å². The first-order chi connectivity index (χ1) is 6.56. The van der Waals surface area contributed by atoms with E-state index in [1.54, 1.807) is 26.0 Å². The smallest absolute Gasteiger partial charge is 0.356 e.